The van der Waals surface area contributed by atoms with E-state index in [2.05, 4.69) is 5.32 Å². The number of anilines is 1. The molecule has 0 bridgehead atoms. The third-order valence-electron chi connectivity index (χ3n) is 5.81. The molecule has 0 spiro atoms. The van der Waals surface area contributed by atoms with Gasteiger partial charge in [0.2, 0.25) is 11.8 Å². The van der Waals surface area contributed by atoms with Crippen LogP contribution in [0.4, 0.5) is 5.69 Å². The van der Waals surface area contributed by atoms with Crippen molar-refractivity contribution in [1.29, 1.82) is 0 Å². The van der Waals surface area contributed by atoms with Crippen LogP contribution in [0.25, 0.3) is 10.4 Å². The number of fused-ring (bicyclic) bond motifs is 2. The molecule has 6 nitrogen and oxygen atoms in total. The Morgan fingerprint density at radius 2 is 1.87 bits per heavy atom. The molecule has 1 N–H and O–H groups in total. The fraction of sp³-hybridized carbons (Fsp3) is 0.208. The molecule has 0 saturated carbocycles. The zero-order valence-corrected chi connectivity index (χ0v) is 17.6. The number of thiophene rings is 1. The number of carbonyl (C=O) groups is 3. The van der Waals surface area contributed by atoms with Gasteiger partial charge in [0.15, 0.2) is 0 Å². The van der Waals surface area contributed by atoms with Crippen LogP contribution in [0, 0.1) is 0 Å². The molecule has 1 fully saturated rings. The van der Waals surface area contributed by atoms with E-state index in [-0.39, 0.29) is 30.7 Å². The van der Waals surface area contributed by atoms with Gasteiger partial charge in [-0.15, -0.1) is 11.3 Å². The van der Waals surface area contributed by atoms with Gasteiger partial charge in [-0.25, -0.2) is 0 Å². The molecule has 0 aliphatic carbocycles. The maximum absolute atomic E-state index is 13.3. The Hall–Kier alpha value is -3.45. The maximum Gasteiger partial charge on any atom is 0.256 e. The molecule has 3 aromatic rings. The van der Waals surface area contributed by atoms with Gasteiger partial charge in [-0.1, -0.05) is 42.5 Å². The number of nitrogens with zero attached hydrogens (tertiary/aromatic N) is 2. The van der Waals surface area contributed by atoms with E-state index in [4.69, 9.17) is 0 Å². The van der Waals surface area contributed by atoms with E-state index >= 15 is 0 Å². The summed E-state index contributed by atoms with van der Waals surface area (Å²) in [4.78, 5) is 43.5. The molecule has 1 unspecified atom stereocenters. The minimum absolute atomic E-state index is 0.0344. The predicted octanol–water partition coefficient (Wildman–Crippen LogP) is 3.26. The van der Waals surface area contributed by atoms with Crippen molar-refractivity contribution >= 4 is 34.7 Å². The van der Waals surface area contributed by atoms with Gasteiger partial charge in [-0.2, -0.15) is 0 Å². The van der Waals surface area contributed by atoms with Crippen molar-refractivity contribution in [2.24, 2.45) is 0 Å². The molecule has 5 rings (SSSR count). The fourth-order valence-electron chi connectivity index (χ4n) is 4.16. The van der Waals surface area contributed by atoms with Crippen molar-refractivity contribution in [3.8, 4) is 10.4 Å². The number of amides is 3. The second kappa shape index (κ2) is 8.00. The second-order valence-electron chi connectivity index (χ2n) is 7.74. The molecule has 156 valence electrons. The number of benzene rings is 2. The van der Waals surface area contributed by atoms with Crippen molar-refractivity contribution in [2.45, 2.75) is 12.5 Å². The Bertz CT molecular complexity index is 1140. The number of rotatable bonds is 3. The van der Waals surface area contributed by atoms with Gasteiger partial charge in [0, 0.05) is 18.0 Å². The lowest BCUT2D eigenvalue weighted by Crippen LogP contribution is -2.59. The fourth-order valence-corrected chi connectivity index (χ4v) is 4.88. The molecule has 2 aliphatic rings. The highest BCUT2D eigenvalue weighted by Crippen LogP contribution is 2.32. The molecule has 2 aliphatic heterocycles. The van der Waals surface area contributed by atoms with E-state index in [0.29, 0.717) is 24.3 Å². The Labute approximate surface area is 184 Å². The Morgan fingerprint density at radius 3 is 2.65 bits per heavy atom. The number of piperazine rings is 1. The smallest absolute Gasteiger partial charge is 0.256 e. The van der Waals surface area contributed by atoms with Crippen LogP contribution in [-0.2, 0) is 16.0 Å². The number of carbonyl (C=O) groups excluding carboxylic acids is 3. The van der Waals surface area contributed by atoms with Crippen LogP contribution in [0.3, 0.4) is 0 Å². The highest BCUT2D eigenvalue weighted by Gasteiger charge is 2.40. The Morgan fingerprint density at radius 1 is 1.03 bits per heavy atom. The van der Waals surface area contributed by atoms with Gasteiger partial charge < -0.3 is 15.1 Å². The summed E-state index contributed by atoms with van der Waals surface area (Å²) in [5, 5.41) is 4.89. The van der Waals surface area contributed by atoms with Crippen molar-refractivity contribution in [1.82, 2.24) is 9.80 Å². The summed E-state index contributed by atoms with van der Waals surface area (Å²) in [6.07, 6.45) is 0.285. The molecule has 1 atom stereocenters. The average molecular weight is 432 g/mol. The molecule has 7 heteroatoms. The molecule has 2 aromatic carbocycles. The van der Waals surface area contributed by atoms with Gasteiger partial charge in [-0.05, 0) is 34.7 Å². The third kappa shape index (κ3) is 3.72. The third-order valence-corrected chi connectivity index (χ3v) is 6.73. The lowest BCUT2D eigenvalue weighted by Gasteiger charge is -2.39. The summed E-state index contributed by atoms with van der Waals surface area (Å²) >= 11 is 1.60. The van der Waals surface area contributed by atoms with Crippen LogP contribution >= 0.6 is 11.3 Å². The number of hydrogen-bond acceptors (Lipinski definition) is 4. The summed E-state index contributed by atoms with van der Waals surface area (Å²) in [5.41, 5.74) is 2.90. The van der Waals surface area contributed by atoms with Crippen molar-refractivity contribution in [2.75, 3.05) is 25.0 Å². The SMILES string of the molecule is O=C1Nc2ccc(-c3cccs3)cc2C(=O)N2CCN(C(=O)Cc3ccccc3)CC12. The van der Waals surface area contributed by atoms with Gasteiger partial charge >= 0.3 is 0 Å². The van der Waals surface area contributed by atoms with E-state index in [1.807, 2.05) is 60.0 Å². The topological polar surface area (TPSA) is 69.7 Å². The number of nitrogens with one attached hydrogen (secondary N) is 1. The first-order chi connectivity index (χ1) is 15.1. The summed E-state index contributed by atoms with van der Waals surface area (Å²) in [7, 11) is 0. The summed E-state index contributed by atoms with van der Waals surface area (Å²) < 4.78 is 0. The standard InChI is InChI=1S/C24H21N3O3S/c28-22(13-16-5-2-1-3-6-16)26-10-11-27-20(15-26)23(29)25-19-9-8-17(14-18(19)24(27)30)21-7-4-12-31-21/h1-9,12,14,20H,10-11,13,15H2,(H,25,29). The van der Waals surface area contributed by atoms with E-state index < -0.39 is 6.04 Å². The predicted molar refractivity (Wildman–Crippen MR) is 120 cm³/mol. The zero-order valence-electron chi connectivity index (χ0n) is 16.8. The van der Waals surface area contributed by atoms with E-state index in [1.54, 1.807) is 27.2 Å². The van der Waals surface area contributed by atoms with E-state index in [9.17, 15) is 14.4 Å². The van der Waals surface area contributed by atoms with Crippen LogP contribution in [0.1, 0.15) is 15.9 Å². The quantitative estimate of drug-likeness (QED) is 0.692. The Kier molecular flexibility index (Phi) is 5.03. The van der Waals surface area contributed by atoms with E-state index in [1.165, 1.54) is 0 Å². The lowest BCUT2D eigenvalue weighted by molar-refractivity contribution is -0.135. The normalized spacial score (nSPS) is 18.1. The molecule has 1 aromatic heterocycles. The van der Waals surface area contributed by atoms with Gasteiger partial charge in [0.1, 0.15) is 6.04 Å². The summed E-state index contributed by atoms with van der Waals surface area (Å²) in [6, 6.07) is 18.4. The van der Waals surface area contributed by atoms with Crippen LogP contribution in [-0.4, -0.2) is 53.2 Å². The first-order valence-electron chi connectivity index (χ1n) is 10.2. The van der Waals surface area contributed by atoms with Crippen LogP contribution in [0.15, 0.2) is 66.0 Å². The molecular weight excluding hydrogens is 410 g/mol. The van der Waals surface area contributed by atoms with Gasteiger partial charge in [0.05, 0.1) is 24.2 Å². The molecule has 3 heterocycles. The molecular formula is C24H21N3O3S. The van der Waals surface area contributed by atoms with E-state index in [0.717, 1.165) is 16.0 Å². The molecule has 0 radical (unpaired) electrons. The van der Waals surface area contributed by atoms with Crippen molar-refractivity contribution < 1.29 is 14.4 Å². The monoisotopic (exact) mass is 431 g/mol. The highest BCUT2D eigenvalue weighted by molar-refractivity contribution is 7.13. The summed E-state index contributed by atoms with van der Waals surface area (Å²) in [6.45, 7) is 0.955. The average Bonchev–Trinajstić information content (AvgIpc) is 3.31. The first kappa shape index (κ1) is 19.5. The minimum Gasteiger partial charge on any atom is -0.338 e. The molecule has 31 heavy (non-hydrogen) atoms. The highest BCUT2D eigenvalue weighted by atomic mass is 32.1. The second-order valence-corrected chi connectivity index (χ2v) is 8.69. The molecule has 1 saturated heterocycles. The van der Waals surface area contributed by atoms with Crippen LogP contribution in [0.2, 0.25) is 0 Å². The van der Waals surface area contributed by atoms with Crippen LogP contribution < -0.4 is 5.32 Å². The minimum atomic E-state index is -0.696. The zero-order chi connectivity index (χ0) is 21.4. The largest absolute Gasteiger partial charge is 0.338 e. The molecule has 3 amide bonds. The first-order valence-corrected chi connectivity index (χ1v) is 11.1. The lowest BCUT2D eigenvalue weighted by atomic mass is 10.1. The van der Waals surface area contributed by atoms with Crippen molar-refractivity contribution in [3.05, 3.63) is 77.2 Å². The number of hydrogen-bond donors (Lipinski definition) is 1. The maximum atomic E-state index is 13.3. The van der Waals surface area contributed by atoms with Crippen molar-refractivity contribution in [3.63, 3.8) is 0 Å². The van der Waals surface area contributed by atoms with Gasteiger partial charge in [-0.3, -0.25) is 14.4 Å². The Balaban J connectivity index is 1.38. The van der Waals surface area contributed by atoms with Crippen LogP contribution in [0.5, 0.6) is 0 Å². The van der Waals surface area contributed by atoms with Gasteiger partial charge in [0.25, 0.3) is 5.91 Å². The summed E-state index contributed by atoms with van der Waals surface area (Å²) in [5.74, 6) is -0.465.